The largest absolute Gasteiger partial charge is 0.356 e. The van der Waals surface area contributed by atoms with Crippen LogP contribution >= 0.6 is 11.3 Å². The van der Waals surface area contributed by atoms with Crippen molar-refractivity contribution in [3.05, 3.63) is 94.2 Å². The second kappa shape index (κ2) is 6.67. The monoisotopic (exact) mass is 321 g/mol. The molecule has 2 aromatic carbocycles. The molecule has 116 valence electrons. The molecule has 0 amide bonds. The normalized spacial score (nSPS) is 21.6. The van der Waals surface area contributed by atoms with Crippen LogP contribution in [0, 0.1) is 0 Å². The van der Waals surface area contributed by atoms with Gasteiger partial charge in [0, 0.05) is 11.4 Å². The number of thiophene rings is 1. The summed E-state index contributed by atoms with van der Waals surface area (Å²) in [5, 5.41) is 2.12. The van der Waals surface area contributed by atoms with Crippen LogP contribution in [0.2, 0.25) is 0 Å². The van der Waals surface area contributed by atoms with Crippen molar-refractivity contribution >= 4 is 11.3 Å². The van der Waals surface area contributed by atoms with E-state index in [9.17, 15) is 0 Å². The molecule has 2 atom stereocenters. The molecule has 1 aliphatic rings. The Bertz CT molecular complexity index is 727. The molecule has 0 saturated carbocycles. The number of rotatable bonds is 4. The van der Waals surface area contributed by atoms with Gasteiger partial charge in [-0.25, -0.2) is 0 Å². The molecular formula is C20H19NOS. The minimum atomic E-state index is 0.0420. The molecule has 0 unspecified atom stereocenters. The Morgan fingerprint density at radius 2 is 1.65 bits per heavy atom. The summed E-state index contributed by atoms with van der Waals surface area (Å²) in [6.45, 7) is 1.63. The summed E-state index contributed by atoms with van der Waals surface area (Å²) in [4.78, 5) is 3.75. The lowest BCUT2D eigenvalue weighted by Crippen LogP contribution is -2.26. The molecule has 2 nitrogen and oxygen atoms in total. The molecule has 2 heterocycles. The fourth-order valence-electron chi connectivity index (χ4n) is 3.16. The number of nitrogens with zero attached hydrogens (tertiary/aromatic N) is 1. The average Bonchev–Trinajstić information content (AvgIpc) is 3.26. The fraction of sp³-hybridized carbons (Fsp3) is 0.200. The zero-order valence-electron chi connectivity index (χ0n) is 12.8. The van der Waals surface area contributed by atoms with Crippen molar-refractivity contribution in [2.24, 2.45) is 0 Å². The molecule has 0 radical (unpaired) electrons. The number of hydrogen-bond donors (Lipinski definition) is 0. The Morgan fingerprint density at radius 1 is 0.913 bits per heavy atom. The van der Waals surface area contributed by atoms with E-state index in [4.69, 9.17) is 4.74 Å². The quantitative estimate of drug-likeness (QED) is 0.669. The third kappa shape index (κ3) is 3.08. The van der Waals surface area contributed by atoms with E-state index in [1.165, 1.54) is 16.0 Å². The minimum absolute atomic E-state index is 0.0420. The van der Waals surface area contributed by atoms with E-state index in [2.05, 4.69) is 83.1 Å². The average molecular weight is 321 g/mol. The first kappa shape index (κ1) is 14.6. The van der Waals surface area contributed by atoms with Crippen LogP contribution in [-0.4, -0.2) is 11.5 Å². The van der Waals surface area contributed by atoms with Crippen LogP contribution in [0.3, 0.4) is 0 Å². The lowest BCUT2D eigenvalue weighted by atomic mass is 10.1. The van der Waals surface area contributed by atoms with Crippen molar-refractivity contribution in [1.82, 2.24) is 4.90 Å². The van der Waals surface area contributed by atoms with E-state index < -0.39 is 0 Å². The smallest absolute Gasteiger partial charge is 0.146 e. The van der Waals surface area contributed by atoms with Gasteiger partial charge in [-0.2, -0.15) is 0 Å². The fourth-order valence-corrected chi connectivity index (χ4v) is 3.96. The van der Waals surface area contributed by atoms with Crippen molar-refractivity contribution < 1.29 is 4.74 Å². The summed E-state index contributed by atoms with van der Waals surface area (Å²) in [6.07, 6.45) is 0.0420. The van der Waals surface area contributed by atoms with E-state index in [-0.39, 0.29) is 6.23 Å². The van der Waals surface area contributed by atoms with Crippen LogP contribution < -0.4 is 0 Å². The maximum Gasteiger partial charge on any atom is 0.146 e. The van der Waals surface area contributed by atoms with Gasteiger partial charge in [0.25, 0.3) is 0 Å². The van der Waals surface area contributed by atoms with Crippen LogP contribution in [0.15, 0.2) is 78.2 Å². The molecule has 1 saturated heterocycles. The van der Waals surface area contributed by atoms with Gasteiger partial charge in [0.2, 0.25) is 0 Å². The van der Waals surface area contributed by atoms with E-state index in [0.717, 1.165) is 13.2 Å². The van der Waals surface area contributed by atoms with Crippen molar-refractivity contribution in [3.8, 4) is 0 Å². The lowest BCUT2D eigenvalue weighted by Gasteiger charge is -2.28. The Kier molecular flexibility index (Phi) is 4.24. The highest BCUT2D eigenvalue weighted by Gasteiger charge is 2.36. The highest BCUT2D eigenvalue weighted by molar-refractivity contribution is 7.10. The van der Waals surface area contributed by atoms with Crippen LogP contribution in [-0.2, 0) is 11.3 Å². The molecule has 0 aliphatic carbocycles. The topological polar surface area (TPSA) is 12.5 Å². The third-order valence-corrected chi connectivity index (χ3v) is 5.20. The second-order valence-corrected chi connectivity index (χ2v) is 6.76. The van der Waals surface area contributed by atoms with Gasteiger partial charge in [-0.3, -0.25) is 4.90 Å². The Hall–Kier alpha value is -1.94. The molecule has 0 N–H and O–H groups in total. The zero-order chi connectivity index (χ0) is 15.5. The van der Waals surface area contributed by atoms with Crippen molar-refractivity contribution in [2.45, 2.75) is 18.8 Å². The number of ether oxygens (including phenoxy) is 1. The molecule has 4 rings (SSSR count). The summed E-state index contributed by atoms with van der Waals surface area (Å²) in [7, 11) is 0. The number of hydrogen-bond acceptors (Lipinski definition) is 3. The maximum atomic E-state index is 6.19. The highest BCUT2D eigenvalue weighted by atomic mass is 32.1. The molecule has 23 heavy (non-hydrogen) atoms. The maximum absolute atomic E-state index is 6.19. The molecule has 1 aromatic heterocycles. The predicted molar refractivity (Wildman–Crippen MR) is 94.2 cm³/mol. The van der Waals surface area contributed by atoms with E-state index in [1.807, 2.05) is 0 Å². The van der Waals surface area contributed by atoms with Crippen LogP contribution in [0.5, 0.6) is 0 Å². The van der Waals surface area contributed by atoms with Crippen LogP contribution in [0.1, 0.15) is 28.3 Å². The van der Waals surface area contributed by atoms with Gasteiger partial charge in [0.15, 0.2) is 0 Å². The second-order valence-electron chi connectivity index (χ2n) is 5.79. The molecule has 0 bridgehead atoms. The SMILES string of the molecule is c1ccc(CN2[C@@H](c3cccs3)OC[C@H]2c2ccccc2)cc1. The van der Waals surface area contributed by atoms with Gasteiger partial charge in [0.05, 0.1) is 12.6 Å². The first-order valence-corrected chi connectivity index (χ1v) is 8.79. The molecule has 1 fully saturated rings. The predicted octanol–water partition coefficient (Wildman–Crippen LogP) is 5.02. The van der Waals surface area contributed by atoms with Crippen molar-refractivity contribution in [1.29, 1.82) is 0 Å². The summed E-state index contributed by atoms with van der Waals surface area (Å²) in [6, 6.07) is 25.9. The Morgan fingerprint density at radius 3 is 2.35 bits per heavy atom. The lowest BCUT2D eigenvalue weighted by molar-refractivity contribution is 0.0275. The Balaban J connectivity index is 1.66. The first-order valence-electron chi connectivity index (χ1n) is 7.91. The van der Waals surface area contributed by atoms with Crippen molar-refractivity contribution in [3.63, 3.8) is 0 Å². The molecular weight excluding hydrogens is 302 g/mol. The molecule has 3 heteroatoms. The van der Waals surface area contributed by atoms with Crippen LogP contribution in [0.4, 0.5) is 0 Å². The summed E-state index contributed by atoms with van der Waals surface area (Å²) in [5.41, 5.74) is 2.64. The first-order chi connectivity index (χ1) is 11.4. The van der Waals surface area contributed by atoms with Gasteiger partial charge in [0.1, 0.15) is 6.23 Å². The van der Waals surface area contributed by atoms with E-state index >= 15 is 0 Å². The standard InChI is InChI=1S/C20H19NOS/c1-3-8-16(9-4-1)14-21-18(17-10-5-2-6-11-17)15-22-20(21)19-12-7-13-23-19/h1-13,18,20H,14-15H2/t18-,20+/m0/s1. The number of benzene rings is 2. The third-order valence-electron chi connectivity index (χ3n) is 4.29. The molecule has 3 aromatic rings. The van der Waals surface area contributed by atoms with E-state index in [0.29, 0.717) is 6.04 Å². The van der Waals surface area contributed by atoms with Gasteiger partial charge < -0.3 is 4.74 Å². The zero-order valence-corrected chi connectivity index (χ0v) is 13.7. The summed E-state index contributed by atoms with van der Waals surface area (Å²) < 4.78 is 6.19. The summed E-state index contributed by atoms with van der Waals surface area (Å²) in [5.74, 6) is 0. The van der Waals surface area contributed by atoms with Gasteiger partial charge in [-0.1, -0.05) is 66.7 Å². The summed E-state index contributed by atoms with van der Waals surface area (Å²) >= 11 is 1.77. The Labute approximate surface area is 141 Å². The van der Waals surface area contributed by atoms with Crippen LogP contribution in [0.25, 0.3) is 0 Å². The van der Waals surface area contributed by atoms with Gasteiger partial charge >= 0.3 is 0 Å². The van der Waals surface area contributed by atoms with E-state index in [1.54, 1.807) is 11.3 Å². The molecule has 1 aliphatic heterocycles. The highest BCUT2D eigenvalue weighted by Crippen LogP contribution is 2.41. The minimum Gasteiger partial charge on any atom is -0.356 e. The van der Waals surface area contributed by atoms with Gasteiger partial charge in [-0.15, -0.1) is 11.3 Å². The van der Waals surface area contributed by atoms with Gasteiger partial charge in [-0.05, 0) is 22.6 Å². The molecule has 0 spiro atoms. The van der Waals surface area contributed by atoms with Crippen molar-refractivity contribution in [2.75, 3.05) is 6.61 Å².